The molecule has 116 valence electrons. The van der Waals surface area contributed by atoms with Crippen molar-refractivity contribution in [3.8, 4) is 11.5 Å². The van der Waals surface area contributed by atoms with E-state index in [0.29, 0.717) is 11.4 Å². The van der Waals surface area contributed by atoms with Gasteiger partial charge in [0.2, 0.25) is 0 Å². The van der Waals surface area contributed by atoms with Gasteiger partial charge < -0.3 is 14.8 Å². The summed E-state index contributed by atoms with van der Waals surface area (Å²) in [5, 5.41) is 2.83. The Kier molecular flexibility index (Phi) is 5.04. The molecule has 0 aliphatic heterocycles. The van der Waals surface area contributed by atoms with E-state index in [1.54, 1.807) is 26.2 Å². The van der Waals surface area contributed by atoms with E-state index >= 15 is 0 Å². The zero-order valence-corrected chi connectivity index (χ0v) is 13.3. The first-order chi connectivity index (χ1) is 10.5. The smallest absolute Gasteiger partial charge is 0.265 e. The van der Waals surface area contributed by atoms with E-state index in [0.717, 1.165) is 16.9 Å². The first-order valence-electron chi connectivity index (χ1n) is 7.19. The Balaban J connectivity index is 2.07. The largest absolute Gasteiger partial charge is 0.495 e. The van der Waals surface area contributed by atoms with E-state index in [1.165, 1.54) is 0 Å². The zero-order chi connectivity index (χ0) is 16.1. The third-order valence-corrected chi connectivity index (χ3v) is 3.38. The second kappa shape index (κ2) is 6.98. The van der Waals surface area contributed by atoms with Crippen LogP contribution in [0.25, 0.3) is 0 Å². The quantitative estimate of drug-likeness (QED) is 0.915. The van der Waals surface area contributed by atoms with Gasteiger partial charge in [0.1, 0.15) is 11.5 Å². The molecule has 1 unspecified atom stereocenters. The molecule has 4 heteroatoms. The molecule has 0 aromatic heterocycles. The van der Waals surface area contributed by atoms with Gasteiger partial charge in [0.05, 0.1) is 12.8 Å². The minimum atomic E-state index is -0.606. The van der Waals surface area contributed by atoms with Crippen LogP contribution in [-0.2, 0) is 4.79 Å². The lowest BCUT2D eigenvalue weighted by Gasteiger charge is -2.17. The van der Waals surface area contributed by atoms with Crippen LogP contribution in [0, 0.1) is 13.8 Å². The van der Waals surface area contributed by atoms with E-state index in [9.17, 15) is 4.79 Å². The molecule has 0 heterocycles. The van der Waals surface area contributed by atoms with Crippen molar-refractivity contribution < 1.29 is 14.3 Å². The molecule has 2 aromatic carbocycles. The first-order valence-corrected chi connectivity index (χ1v) is 7.19. The molecule has 1 amide bonds. The van der Waals surface area contributed by atoms with Gasteiger partial charge in [-0.05, 0) is 50.1 Å². The summed E-state index contributed by atoms with van der Waals surface area (Å²) in [6.07, 6.45) is -0.606. The second-order valence-electron chi connectivity index (χ2n) is 5.22. The number of para-hydroxylation sites is 2. The lowest BCUT2D eigenvalue weighted by molar-refractivity contribution is -0.122. The topological polar surface area (TPSA) is 47.6 Å². The van der Waals surface area contributed by atoms with Gasteiger partial charge in [-0.3, -0.25) is 4.79 Å². The predicted molar refractivity (Wildman–Crippen MR) is 87.6 cm³/mol. The molecule has 2 rings (SSSR count). The predicted octanol–water partition coefficient (Wildman–Crippen LogP) is 3.72. The van der Waals surface area contributed by atoms with Crippen LogP contribution in [0.2, 0.25) is 0 Å². The zero-order valence-electron chi connectivity index (χ0n) is 13.3. The van der Waals surface area contributed by atoms with E-state index in [1.807, 2.05) is 44.2 Å². The van der Waals surface area contributed by atoms with Gasteiger partial charge in [0.15, 0.2) is 6.10 Å². The number of nitrogens with one attached hydrogen (secondary N) is 1. The Hall–Kier alpha value is -2.49. The number of carbonyl (C=O) groups is 1. The van der Waals surface area contributed by atoms with Crippen molar-refractivity contribution in [2.45, 2.75) is 26.9 Å². The molecule has 0 saturated heterocycles. The van der Waals surface area contributed by atoms with E-state index < -0.39 is 6.10 Å². The lowest BCUT2D eigenvalue weighted by Crippen LogP contribution is -2.30. The normalized spacial score (nSPS) is 11.6. The summed E-state index contributed by atoms with van der Waals surface area (Å²) in [7, 11) is 1.57. The van der Waals surface area contributed by atoms with Crippen LogP contribution in [0.5, 0.6) is 11.5 Å². The van der Waals surface area contributed by atoms with E-state index in [-0.39, 0.29) is 5.91 Å². The number of anilines is 1. The molecule has 4 nitrogen and oxygen atoms in total. The number of hydrogen-bond donors (Lipinski definition) is 1. The summed E-state index contributed by atoms with van der Waals surface area (Å²) >= 11 is 0. The number of ether oxygens (including phenoxy) is 2. The Morgan fingerprint density at radius 3 is 2.55 bits per heavy atom. The number of methoxy groups -OCH3 is 1. The fraction of sp³-hybridized carbons (Fsp3) is 0.278. The van der Waals surface area contributed by atoms with Gasteiger partial charge in [-0.2, -0.15) is 0 Å². The van der Waals surface area contributed by atoms with E-state index in [2.05, 4.69) is 5.32 Å². The molecular weight excluding hydrogens is 278 g/mol. The standard InChI is InChI=1S/C18H21NO3/c1-12-9-10-13(2)17(11-12)22-14(3)18(20)19-15-7-5-6-8-16(15)21-4/h5-11,14H,1-4H3,(H,19,20). The molecule has 22 heavy (non-hydrogen) atoms. The fourth-order valence-corrected chi connectivity index (χ4v) is 2.06. The lowest BCUT2D eigenvalue weighted by atomic mass is 10.1. The highest BCUT2D eigenvalue weighted by Crippen LogP contribution is 2.24. The van der Waals surface area contributed by atoms with Crippen molar-refractivity contribution in [3.05, 3.63) is 53.6 Å². The van der Waals surface area contributed by atoms with Crippen LogP contribution < -0.4 is 14.8 Å². The Labute approximate surface area is 131 Å². The SMILES string of the molecule is COc1ccccc1NC(=O)C(C)Oc1cc(C)ccc1C. The molecule has 2 aromatic rings. The second-order valence-corrected chi connectivity index (χ2v) is 5.22. The Bertz CT molecular complexity index is 667. The molecule has 1 N–H and O–H groups in total. The van der Waals surface area contributed by atoms with Gasteiger partial charge in [-0.25, -0.2) is 0 Å². The summed E-state index contributed by atoms with van der Waals surface area (Å²) in [5.41, 5.74) is 2.73. The van der Waals surface area contributed by atoms with Crippen LogP contribution >= 0.6 is 0 Å². The Morgan fingerprint density at radius 2 is 1.82 bits per heavy atom. The molecule has 0 bridgehead atoms. The van der Waals surface area contributed by atoms with Crippen LogP contribution in [0.1, 0.15) is 18.1 Å². The molecule has 0 radical (unpaired) electrons. The summed E-state index contributed by atoms with van der Waals surface area (Å²) in [4.78, 5) is 12.3. The molecule has 0 aliphatic carbocycles. The third kappa shape index (κ3) is 3.79. The van der Waals surface area contributed by atoms with Crippen LogP contribution in [0.4, 0.5) is 5.69 Å². The molecule has 0 spiro atoms. The first kappa shape index (κ1) is 15.9. The number of carbonyl (C=O) groups excluding carboxylic acids is 1. The number of amides is 1. The number of benzene rings is 2. The van der Waals surface area contributed by atoms with Gasteiger partial charge >= 0.3 is 0 Å². The number of aryl methyl sites for hydroxylation is 2. The monoisotopic (exact) mass is 299 g/mol. The van der Waals surface area contributed by atoms with Crippen molar-refractivity contribution in [2.24, 2.45) is 0 Å². The summed E-state index contributed by atoms with van der Waals surface area (Å²) in [6, 6.07) is 13.2. The maximum Gasteiger partial charge on any atom is 0.265 e. The maximum atomic E-state index is 12.3. The van der Waals surface area contributed by atoms with Crippen molar-refractivity contribution >= 4 is 11.6 Å². The van der Waals surface area contributed by atoms with Crippen molar-refractivity contribution in [1.82, 2.24) is 0 Å². The maximum absolute atomic E-state index is 12.3. The summed E-state index contributed by atoms with van der Waals surface area (Å²) in [6.45, 7) is 5.68. The Morgan fingerprint density at radius 1 is 1.09 bits per heavy atom. The number of hydrogen-bond acceptors (Lipinski definition) is 3. The highest BCUT2D eigenvalue weighted by molar-refractivity contribution is 5.95. The van der Waals surface area contributed by atoms with Crippen molar-refractivity contribution in [3.63, 3.8) is 0 Å². The summed E-state index contributed by atoms with van der Waals surface area (Å²) < 4.78 is 11.0. The van der Waals surface area contributed by atoms with Gasteiger partial charge in [-0.15, -0.1) is 0 Å². The molecular formula is C18H21NO3. The minimum absolute atomic E-state index is 0.217. The third-order valence-electron chi connectivity index (χ3n) is 3.38. The van der Waals surface area contributed by atoms with Gasteiger partial charge in [-0.1, -0.05) is 24.3 Å². The molecule has 0 aliphatic rings. The fourth-order valence-electron chi connectivity index (χ4n) is 2.06. The van der Waals surface area contributed by atoms with Crippen molar-refractivity contribution in [2.75, 3.05) is 12.4 Å². The van der Waals surface area contributed by atoms with Crippen LogP contribution in [-0.4, -0.2) is 19.1 Å². The number of rotatable bonds is 5. The van der Waals surface area contributed by atoms with Gasteiger partial charge in [0.25, 0.3) is 5.91 Å². The molecule has 0 fully saturated rings. The average Bonchev–Trinajstić information content (AvgIpc) is 2.51. The minimum Gasteiger partial charge on any atom is -0.495 e. The average molecular weight is 299 g/mol. The summed E-state index contributed by atoms with van der Waals surface area (Å²) in [5.74, 6) is 1.13. The van der Waals surface area contributed by atoms with Crippen molar-refractivity contribution in [1.29, 1.82) is 0 Å². The van der Waals surface area contributed by atoms with Crippen LogP contribution in [0.15, 0.2) is 42.5 Å². The highest BCUT2D eigenvalue weighted by atomic mass is 16.5. The van der Waals surface area contributed by atoms with Gasteiger partial charge in [0, 0.05) is 0 Å². The van der Waals surface area contributed by atoms with Crippen LogP contribution in [0.3, 0.4) is 0 Å². The molecule has 1 atom stereocenters. The molecule has 0 saturated carbocycles. The highest BCUT2D eigenvalue weighted by Gasteiger charge is 2.17. The van der Waals surface area contributed by atoms with E-state index in [4.69, 9.17) is 9.47 Å².